The zero-order chi connectivity index (χ0) is 19.0. The van der Waals surface area contributed by atoms with Gasteiger partial charge in [-0.2, -0.15) is 26.3 Å². The molecule has 2 bridgehead atoms. The number of ether oxygens (including phenoxy) is 1. The molecule has 0 spiro atoms. The van der Waals surface area contributed by atoms with Gasteiger partial charge in [0.25, 0.3) is 0 Å². The van der Waals surface area contributed by atoms with E-state index in [9.17, 15) is 35.9 Å². The van der Waals surface area contributed by atoms with Crippen LogP contribution in [-0.4, -0.2) is 24.0 Å². The van der Waals surface area contributed by atoms with Gasteiger partial charge in [-0.05, 0) is 31.0 Å². The highest BCUT2D eigenvalue weighted by Crippen LogP contribution is 2.50. The average molecular weight is 379 g/mol. The topological polar surface area (TPSA) is 46.6 Å². The lowest BCUT2D eigenvalue weighted by Crippen LogP contribution is -2.34. The second kappa shape index (κ2) is 5.21. The SMILES string of the molecule is O=C1[C@@H]2C3CCC(O3)[C@@H]2C(=O)N1c1cc(C(F)(F)F)cc(C(F)(F)F)c1. The molecule has 3 fully saturated rings. The fourth-order valence-electron chi connectivity index (χ4n) is 4.03. The lowest BCUT2D eigenvalue weighted by atomic mass is 9.81. The Bertz CT molecular complexity index is 742. The molecule has 3 saturated heterocycles. The van der Waals surface area contributed by atoms with Gasteiger partial charge in [-0.15, -0.1) is 0 Å². The minimum absolute atomic E-state index is 0.0395. The van der Waals surface area contributed by atoms with Gasteiger partial charge in [-0.25, -0.2) is 4.90 Å². The Balaban J connectivity index is 1.80. The second-order valence-corrected chi connectivity index (χ2v) is 6.62. The molecule has 140 valence electrons. The molecule has 4 nitrogen and oxygen atoms in total. The number of carbonyl (C=O) groups excluding carboxylic acids is 2. The Morgan fingerprint density at radius 2 is 1.23 bits per heavy atom. The Morgan fingerprint density at radius 3 is 1.62 bits per heavy atom. The number of anilines is 1. The smallest absolute Gasteiger partial charge is 0.373 e. The van der Waals surface area contributed by atoms with E-state index in [0.29, 0.717) is 29.9 Å². The Hall–Kier alpha value is -2.10. The van der Waals surface area contributed by atoms with E-state index in [-0.39, 0.29) is 6.07 Å². The van der Waals surface area contributed by atoms with Gasteiger partial charge >= 0.3 is 12.4 Å². The number of hydrogen-bond acceptors (Lipinski definition) is 3. The van der Waals surface area contributed by atoms with Crippen LogP contribution in [0, 0.1) is 11.8 Å². The fourth-order valence-corrected chi connectivity index (χ4v) is 4.03. The summed E-state index contributed by atoms with van der Waals surface area (Å²) in [4.78, 5) is 25.6. The molecule has 1 aromatic rings. The van der Waals surface area contributed by atoms with Crippen LogP contribution >= 0.6 is 0 Å². The molecule has 4 atom stereocenters. The number of nitrogens with zero attached hydrogens (tertiary/aromatic N) is 1. The third-order valence-electron chi connectivity index (χ3n) is 5.11. The molecule has 2 unspecified atom stereocenters. The third-order valence-corrected chi connectivity index (χ3v) is 5.11. The Morgan fingerprint density at radius 1 is 0.808 bits per heavy atom. The summed E-state index contributed by atoms with van der Waals surface area (Å²) in [6.45, 7) is 0. The van der Waals surface area contributed by atoms with Gasteiger partial charge in [0.15, 0.2) is 0 Å². The highest BCUT2D eigenvalue weighted by molar-refractivity contribution is 6.22. The quantitative estimate of drug-likeness (QED) is 0.555. The maximum Gasteiger partial charge on any atom is 0.416 e. The maximum absolute atomic E-state index is 13.0. The molecular weight excluding hydrogens is 368 g/mol. The summed E-state index contributed by atoms with van der Waals surface area (Å²) in [5.41, 5.74) is -3.85. The van der Waals surface area contributed by atoms with Crippen LogP contribution in [0.3, 0.4) is 0 Å². The number of imide groups is 1. The third kappa shape index (κ3) is 2.42. The first-order valence-electron chi connectivity index (χ1n) is 7.81. The highest BCUT2D eigenvalue weighted by atomic mass is 19.4. The van der Waals surface area contributed by atoms with Gasteiger partial charge in [-0.3, -0.25) is 9.59 Å². The van der Waals surface area contributed by atoms with Crippen LogP contribution in [-0.2, 0) is 26.7 Å². The summed E-state index contributed by atoms with van der Waals surface area (Å²) < 4.78 is 83.5. The van der Waals surface area contributed by atoms with E-state index < -0.39 is 65.0 Å². The number of halogens is 6. The van der Waals surface area contributed by atoms with Gasteiger partial charge in [0, 0.05) is 0 Å². The van der Waals surface area contributed by atoms with E-state index in [1.165, 1.54) is 0 Å². The maximum atomic E-state index is 13.0. The summed E-state index contributed by atoms with van der Waals surface area (Å²) in [6, 6.07) is 0.756. The van der Waals surface area contributed by atoms with Crippen molar-refractivity contribution in [1.82, 2.24) is 0 Å². The van der Waals surface area contributed by atoms with E-state index in [1.807, 2.05) is 0 Å². The van der Waals surface area contributed by atoms with Crippen molar-refractivity contribution in [3.63, 3.8) is 0 Å². The minimum Gasteiger partial charge on any atom is -0.373 e. The lowest BCUT2D eigenvalue weighted by Gasteiger charge is -2.21. The van der Waals surface area contributed by atoms with Crippen LogP contribution in [0.2, 0.25) is 0 Å². The molecule has 10 heteroatoms. The summed E-state index contributed by atoms with van der Waals surface area (Å²) in [7, 11) is 0. The molecule has 0 saturated carbocycles. The van der Waals surface area contributed by atoms with Gasteiger partial charge in [0.05, 0.1) is 40.9 Å². The van der Waals surface area contributed by atoms with Crippen molar-refractivity contribution in [2.75, 3.05) is 4.90 Å². The predicted molar refractivity (Wildman–Crippen MR) is 73.8 cm³/mol. The second-order valence-electron chi connectivity index (χ2n) is 6.62. The Labute approximate surface area is 142 Å². The van der Waals surface area contributed by atoms with Crippen LogP contribution in [0.25, 0.3) is 0 Å². The first kappa shape index (κ1) is 17.3. The molecule has 26 heavy (non-hydrogen) atoms. The molecule has 2 amide bonds. The monoisotopic (exact) mass is 379 g/mol. The molecule has 3 heterocycles. The van der Waals surface area contributed by atoms with Gasteiger partial charge in [-0.1, -0.05) is 0 Å². The number of carbonyl (C=O) groups is 2. The first-order valence-corrected chi connectivity index (χ1v) is 7.81. The standard InChI is InChI=1S/C16H11F6NO3/c17-15(18,19)6-3-7(16(20,21)22)5-8(4-6)23-13(24)11-9-1-2-10(26-9)12(11)14(23)25/h3-5,9-12H,1-2H2/t9?,10?,11-,12+. The average Bonchev–Trinajstić information content (AvgIpc) is 3.19. The van der Waals surface area contributed by atoms with E-state index in [4.69, 9.17) is 4.74 Å². The van der Waals surface area contributed by atoms with Crippen LogP contribution in [0.1, 0.15) is 24.0 Å². The predicted octanol–water partition coefficient (Wildman–Crippen LogP) is 3.39. The van der Waals surface area contributed by atoms with Gasteiger partial charge in [0.1, 0.15) is 0 Å². The Kier molecular flexibility index (Phi) is 3.47. The van der Waals surface area contributed by atoms with Crippen molar-refractivity contribution in [3.05, 3.63) is 29.3 Å². The fraction of sp³-hybridized carbons (Fsp3) is 0.500. The van der Waals surface area contributed by atoms with Crippen molar-refractivity contribution >= 4 is 17.5 Å². The molecule has 0 aliphatic carbocycles. The number of hydrogen-bond donors (Lipinski definition) is 0. The number of alkyl halides is 6. The summed E-state index contributed by atoms with van der Waals surface area (Å²) in [5.74, 6) is -3.30. The van der Waals surface area contributed by atoms with Gasteiger partial charge in [0.2, 0.25) is 11.8 Å². The van der Waals surface area contributed by atoms with E-state index in [0.717, 1.165) is 0 Å². The zero-order valence-corrected chi connectivity index (χ0v) is 12.9. The number of rotatable bonds is 1. The largest absolute Gasteiger partial charge is 0.416 e. The van der Waals surface area contributed by atoms with E-state index in [1.54, 1.807) is 0 Å². The van der Waals surface area contributed by atoms with Crippen molar-refractivity contribution in [2.45, 2.75) is 37.4 Å². The van der Waals surface area contributed by atoms with E-state index >= 15 is 0 Å². The van der Waals surface area contributed by atoms with Gasteiger partial charge < -0.3 is 4.74 Å². The molecule has 1 aromatic carbocycles. The normalized spacial score (nSPS) is 31.1. The molecule has 3 aliphatic heterocycles. The number of amides is 2. The molecule has 4 rings (SSSR count). The van der Waals surface area contributed by atoms with Crippen molar-refractivity contribution in [3.8, 4) is 0 Å². The first-order chi connectivity index (χ1) is 12.0. The highest BCUT2D eigenvalue weighted by Gasteiger charge is 2.62. The molecule has 0 radical (unpaired) electrons. The lowest BCUT2D eigenvalue weighted by molar-refractivity contribution is -0.143. The van der Waals surface area contributed by atoms with Crippen molar-refractivity contribution < 1.29 is 40.7 Å². The molecule has 0 N–H and O–H groups in total. The van der Waals surface area contributed by atoms with Crippen LogP contribution in [0.5, 0.6) is 0 Å². The molecule has 3 aliphatic rings. The zero-order valence-electron chi connectivity index (χ0n) is 12.9. The number of fused-ring (bicyclic) bond motifs is 5. The van der Waals surface area contributed by atoms with Crippen LogP contribution in [0.15, 0.2) is 18.2 Å². The summed E-state index contributed by atoms with van der Waals surface area (Å²) in [6.07, 6.45) is -10.1. The molecule has 0 aromatic heterocycles. The number of benzene rings is 1. The van der Waals surface area contributed by atoms with Crippen molar-refractivity contribution in [1.29, 1.82) is 0 Å². The van der Waals surface area contributed by atoms with Crippen molar-refractivity contribution in [2.24, 2.45) is 11.8 Å². The summed E-state index contributed by atoms with van der Waals surface area (Å²) in [5, 5.41) is 0. The minimum atomic E-state index is -5.06. The van der Waals surface area contributed by atoms with E-state index in [2.05, 4.69) is 0 Å². The molecular formula is C16H11F6NO3. The summed E-state index contributed by atoms with van der Waals surface area (Å²) >= 11 is 0. The van der Waals surface area contributed by atoms with Crippen LogP contribution in [0.4, 0.5) is 32.0 Å². The van der Waals surface area contributed by atoms with Crippen LogP contribution < -0.4 is 4.90 Å².